The SMILES string of the molecule is Cc1ccc(C(=O)CCC(=O)NCc2ccccc2NC(=O)CNC(=O)OC(C)(C)C)cc1. The smallest absolute Gasteiger partial charge is 0.408 e. The molecule has 33 heavy (non-hydrogen) atoms. The Morgan fingerprint density at radius 1 is 0.848 bits per heavy atom. The lowest BCUT2D eigenvalue weighted by Gasteiger charge is -2.19. The van der Waals surface area contributed by atoms with Crippen molar-refractivity contribution >= 4 is 29.4 Å². The Labute approximate surface area is 194 Å². The highest BCUT2D eigenvalue weighted by Gasteiger charge is 2.17. The second-order valence-electron chi connectivity index (χ2n) is 8.63. The maximum atomic E-state index is 12.2. The Hall–Kier alpha value is -3.68. The Morgan fingerprint density at radius 3 is 2.18 bits per heavy atom. The molecule has 0 aliphatic carbocycles. The molecule has 176 valence electrons. The van der Waals surface area contributed by atoms with E-state index in [1.54, 1.807) is 57.2 Å². The molecule has 0 aliphatic heterocycles. The summed E-state index contributed by atoms with van der Waals surface area (Å²) in [6, 6.07) is 14.3. The van der Waals surface area contributed by atoms with Crippen LogP contribution in [0, 0.1) is 6.92 Å². The van der Waals surface area contributed by atoms with Crippen molar-refractivity contribution in [2.75, 3.05) is 11.9 Å². The number of nitrogens with one attached hydrogen (secondary N) is 3. The number of alkyl carbamates (subject to hydrolysis) is 1. The highest BCUT2D eigenvalue weighted by atomic mass is 16.6. The van der Waals surface area contributed by atoms with Crippen LogP contribution in [0.4, 0.5) is 10.5 Å². The lowest BCUT2D eigenvalue weighted by molar-refractivity contribution is -0.121. The molecule has 0 unspecified atom stereocenters. The minimum absolute atomic E-state index is 0.0705. The first kappa shape index (κ1) is 25.6. The quantitative estimate of drug-likeness (QED) is 0.501. The number of anilines is 1. The summed E-state index contributed by atoms with van der Waals surface area (Å²) in [5.41, 5.74) is 2.21. The number of amides is 3. The zero-order valence-corrected chi connectivity index (χ0v) is 19.5. The van der Waals surface area contributed by atoms with Crippen LogP contribution in [0.5, 0.6) is 0 Å². The molecule has 3 amide bonds. The van der Waals surface area contributed by atoms with Crippen LogP contribution in [-0.2, 0) is 20.9 Å². The molecular weight excluding hydrogens is 422 g/mol. The lowest BCUT2D eigenvalue weighted by Crippen LogP contribution is -2.37. The number of hydrogen-bond acceptors (Lipinski definition) is 5. The molecular formula is C25H31N3O5. The van der Waals surface area contributed by atoms with Crippen molar-refractivity contribution in [2.24, 2.45) is 0 Å². The number of rotatable bonds is 9. The molecule has 0 saturated carbocycles. The van der Waals surface area contributed by atoms with Crippen LogP contribution < -0.4 is 16.0 Å². The Bertz CT molecular complexity index is 994. The average molecular weight is 454 g/mol. The number of para-hydroxylation sites is 1. The van der Waals surface area contributed by atoms with Crippen LogP contribution in [-0.4, -0.2) is 35.8 Å². The zero-order chi connectivity index (χ0) is 24.4. The van der Waals surface area contributed by atoms with E-state index in [-0.39, 0.29) is 37.6 Å². The van der Waals surface area contributed by atoms with Crippen molar-refractivity contribution < 1.29 is 23.9 Å². The number of hydrogen-bond donors (Lipinski definition) is 3. The normalized spacial score (nSPS) is 10.8. The molecule has 0 atom stereocenters. The van der Waals surface area contributed by atoms with E-state index in [1.807, 2.05) is 19.1 Å². The van der Waals surface area contributed by atoms with Crippen LogP contribution in [0.3, 0.4) is 0 Å². The van der Waals surface area contributed by atoms with Gasteiger partial charge in [0.05, 0.1) is 0 Å². The van der Waals surface area contributed by atoms with E-state index in [2.05, 4.69) is 16.0 Å². The fourth-order valence-electron chi connectivity index (χ4n) is 2.85. The minimum Gasteiger partial charge on any atom is -0.444 e. The fraction of sp³-hybridized carbons (Fsp3) is 0.360. The molecule has 2 aromatic rings. The molecule has 0 spiro atoms. The molecule has 2 aromatic carbocycles. The van der Waals surface area contributed by atoms with Crippen molar-refractivity contribution in [3.05, 3.63) is 65.2 Å². The summed E-state index contributed by atoms with van der Waals surface area (Å²) >= 11 is 0. The molecule has 3 N–H and O–H groups in total. The minimum atomic E-state index is -0.682. The molecule has 0 radical (unpaired) electrons. The Morgan fingerprint density at radius 2 is 1.52 bits per heavy atom. The van der Waals surface area contributed by atoms with Gasteiger partial charge in [-0.1, -0.05) is 48.0 Å². The van der Waals surface area contributed by atoms with Gasteiger partial charge >= 0.3 is 6.09 Å². The second-order valence-corrected chi connectivity index (χ2v) is 8.63. The Kier molecular flexibility index (Phi) is 9.15. The van der Waals surface area contributed by atoms with E-state index >= 15 is 0 Å². The molecule has 8 heteroatoms. The van der Waals surface area contributed by atoms with Gasteiger partial charge in [-0.05, 0) is 39.3 Å². The van der Waals surface area contributed by atoms with E-state index in [4.69, 9.17) is 4.74 Å². The standard InChI is InChI=1S/C25H31N3O5/c1-17-9-11-18(12-10-17)21(29)13-14-22(30)26-15-19-7-5-6-8-20(19)28-23(31)16-27-24(32)33-25(2,3)4/h5-12H,13-16H2,1-4H3,(H,26,30)(H,27,32)(H,28,31). The van der Waals surface area contributed by atoms with Gasteiger partial charge in [0.25, 0.3) is 0 Å². The first-order chi connectivity index (χ1) is 15.5. The van der Waals surface area contributed by atoms with Gasteiger partial charge in [0.15, 0.2) is 5.78 Å². The van der Waals surface area contributed by atoms with E-state index < -0.39 is 17.6 Å². The molecule has 2 rings (SSSR count). The van der Waals surface area contributed by atoms with Gasteiger partial charge in [0.2, 0.25) is 11.8 Å². The lowest BCUT2D eigenvalue weighted by atomic mass is 10.0. The predicted octanol–water partition coefficient (Wildman–Crippen LogP) is 3.74. The number of carbonyl (C=O) groups is 4. The summed E-state index contributed by atoms with van der Waals surface area (Å²) < 4.78 is 5.10. The van der Waals surface area contributed by atoms with Gasteiger partial charge in [-0.3, -0.25) is 14.4 Å². The summed E-state index contributed by atoms with van der Waals surface area (Å²) in [6.45, 7) is 7.07. The molecule has 0 bridgehead atoms. The van der Waals surface area contributed by atoms with Crippen LogP contribution in [0.1, 0.15) is 55.1 Å². The van der Waals surface area contributed by atoms with Crippen LogP contribution in [0.25, 0.3) is 0 Å². The zero-order valence-electron chi connectivity index (χ0n) is 19.5. The molecule has 0 aliphatic rings. The van der Waals surface area contributed by atoms with E-state index in [9.17, 15) is 19.2 Å². The average Bonchev–Trinajstić information content (AvgIpc) is 2.75. The van der Waals surface area contributed by atoms with Gasteiger partial charge < -0.3 is 20.7 Å². The maximum absolute atomic E-state index is 12.2. The van der Waals surface area contributed by atoms with Crippen LogP contribution in [0.2, 0.25) is 0 Å². The van der Waals surface area contributed by atoms with Gasteiger partial charge in [-0.25, -0.2) is 4.79 Å². The largest absolute Gasteiger partial charge is 0.444 e. The first-order valence-corrected chi connectivity index (χ1v) is 10.7. The van der Waals surface area contributed by atoms with Gasteiger partial charge in [0, 0.05) is 30.6 Å². The predicted molar refractivity (Wildman–Crippen MR) is 126 cm³/mol. The van der Waals surface area contributed by atoms with E-state index in [1.165, 1.54) is 0 Å². The summed E-state index contributed by atoms with van der Waals surface area (Å²) in [5, 5.41) is 7.88. The van der Waals surface area contributed by atoms with E-state index in [0.29, 0.717) is 16.8 Å². The molecule has 8 nitrogen and oxygen atoms in total. The van der Waals surface area contributed by atoms with Crippen molar-refractivity contribution in [2.45, 2.75) is 52.7 Å². The van der Waals surface area contributed by atoms with Crippen molar-refractivity contribution in [1.82, 2.24) is 10.6 Å². The second kappa shape index (κ2) is 11.8. The van der Waals surface area contributed by atoms with Crippen LogP contribution in [0.15, 0.2) is 48.5 Å². The van der Waals surface area contributed by atoms with E-state index in [0.717, 1.165) is 5.56 Å². The molecule has 0 aromatic heterocycles. The Balaban J connectivity index is 1.81. The fourth-order valence-corrected chi connectivity index (χ4v) is 2.85. The van der Waals surface area contributed by atoms with Gasteiger partial charge in [-0.2, -0.15) is 0 Å². The van der Waals surface area contributed by atoms with Gasteiger partial charge in [-0.15, -0.1) is 0 Å². The third kappa shape index (κ3) is 9.55. The van der Waals surface area contributed by atoms with Crippen molar-refractivity contribution in [1.29, 1.82) is 0 Å². The maximum Gasteiger partial charge on any atom is 0.408 e. The number of Topliss-reactive ketones (excluding diaryl/α,β-unsaturated/α-hetero) is 1. The highest BCUT2D eigenvalue weighted by Crippen LogP contribution is 2.15. The number of ether oxygens (including phenoxy) is 1. The third-order valence-corrected chi connectivity index (χ3v) is 4.51. The summed E-state index contributed by atoms with van der Waals surface area (Å²) in [6.07, 6.45) is -0.497. The summed E-state index contributed by atoms with van der Waals surface area (Å²) in [4.78, 5) is 48.3. The summed E-state index contributed by atoms with van der Waals surface area (Å²) in [5.74, 6) is -0.776. The first-order valence-electron chi connectivity index (χ1n) is 10.7. The molecule has 0 saturated heterocycles. The summed E-state index contributed by atoms with van der Waals surface area (Å²) in [7, 11) is 0. The number of aryl methyl sites for hydroxylation is 1. The van der Waals surface area contributed by atoms with Gasteiger partial charge in [0.1, 0.15) is 12.1 Å². The number of carbonyl (C=O) groups excluding carboxylic acids is 4. The molecule has 0 heterocycles. The topological polar surface area (TPSA) is 114 Å². The number of ketones is 1. The monoisotopic (exact) mass is 453 g/mol. The molecule has 0 fully saturated rings. The van der Waals surface area contributed by atoms with Crippen molar-refractivity contribution in [3.63, 3.8) is 0 Å². The van der Waals surface area contributed by atoms with Crippen LogP contribution >= 0.6 is 0 Å². The highest BCUT2D eigenvalue weighted by molar-refractivity contribution is 5.98. The number of benzene rings is 2. The third-order valence-electron chi connectivity index (χ3n) is 4.51. The van der Waals surface area contributed by atoms with Crippen molar-refractivity contribution in [3.8, 4) is 0 Å².